The van der Waals surface area contributed by atoms with Crippen LogP contribution >= 0.6 is 0 Å². The molecule has 3 heteroatoms. The number of allylic oxidation sites excluding steroid dienone is 2. The topological polar surface area (TPSA) is 0 Å². The fourth-order valence-electron chi connectivity index (χ4n) is 0.995. The molecule has 78 valence electrons. The summed E-state index contributed by atoms with van der Waals surface area (Å²) in [7, 11) is 0. The molecule has 0 aromatic carbocycles. The number of hydrogen-bond donors (Lipinski definition) is 0. The van der Waals surface area contributed by atoms with Crippen molar-refractivity contribution < 1.29 is 13.2 Å². The first-order chi connectivity index (χ1) is 6.06. The van der Waals surface area contributed by atoms with E-state index in [1.54, 1.807) is 6.08 Å². The van der Waals surface area contributed by atoms with Crippen LogP contribution in [0.5, 0.6) is 0 Å². The van der Waals surface area contributed by atoms with Crippen LogP contribution in [0.2, 0.25) is 0 Å². The summed E-state index contributed by atoms with van der Waals surface area (Å²) in [6.45, 7) is 2.10. The molecule has 13 heavy (non-hydrogen) atoms. The van der Waals surface area contributed by atoms with Gasteiger partial charge < -0.3 is 0 Å². The predicted molar refractivity (Wildman–Crippen MR) is 48.6 cm³/mol. The van der Waals surface area contributed by atoms with Crippen molar-refractivity contribution in [2.45, 2.75) is 51.6 Å². The lowest BCUT2D eigenvalue weighted by atomic mass is 10.2. The molecule has 0 radical (unpaired) electrons. The van der Waals surface area contributed by atoms with Crippen LogP contribution in [0.3, 0.4) is 0 Å². The Kier molecular flexibility index (Phi) is 6.73. The van der Waals surface area contributed by atoms with Crippen LogP contribution in [0.15, 0.2) is 12.2 Å². The minimum Gasteiger partial charge on any atom is -0.171 e. The average molecular weight is 194 g/mol. The van der Waals surface area contributed by atoms with Gasteiger partial charge in [0.25, 0.3) is 0 Å². The van der Waals surface area contributed by atoms with E-state index in [0.29, 0.717) is 0 Å². The second-order valence-corrected chi connectivity index (χ2v) is 3.12. The molecule has 0 fully saturated rings. The van der Waals surface area contributed by atoms with Gasteiger partial charge in [-0.2, -0.15) is 13.2 Å². The van der Waals surface area contributed by atoms with E-state index in [-0.39, 0.29) is 6.42 Å². The summed E-state index contributed by atoms with van der Waals surface area (Å²) < 4.78 is 35.0. The van der Waals surface area contributed by atoms with Crippen molar-refractivity contribution in [2.75, 3.05) is 0 Å². The van der Waals surface area contributed by atoms with Crippen LogP contribution in [-0.2, 0) is 0 Å². The molecule has 0 aromatic rings. The van der Waals surface area contributed by atoms with Gasteiger partial charge in [-0.1, -0.05) is 31.9 Å². The highest BCUT2D eigenvalue weighted by Gasteiger charge is 2.25. The lowest BCUT2D eigenvalue weighted by molar-refractivity contribution is -0.133. The van der Waals surface area contributed by atoms with Crippen molar-refractivity contribution >= 4 is 0 Å². The summed E-state index contributed by atoms with van der Waals surface area (Å²) in [5.74, 6) is 0. The maximum Gasteiger partial charge on any atom is 0.389 e. The highest BCUT2D eigenvalue weighted by atomic mass is 19.4. The summed E-state index contributed by atoms with van der Waals surface area (Å²) in [5, 5.41) is 0. The van der Waals surface area contributed by atoms with E-state index in [0.717, 1.165) is 25.7 Å². The van der Waals surface area contributed by atoms with Crippen LogP contribution in [0.25, 0.3) is 0 Å². The van der Waals surface area contributed by atoms with Gasteiger partial charge in [-0.15, -0.1) is 0 Å². The number of hydrogen-bond acceptors (Lipinski definition) is 0. The Balaban J connectivity index is 3.22. The average Bonchev–Trinajstić information content (AvgIpc) is 2.01. The van der Waals surface area contributed by atoms with Gasteiger partial charge in [0.05, 0.1) is 0 Å². The number of halogens is 3. The number of rotatable bonds is 6. The molecule has 0 atom stereocenters. The zero-order valence-electron chi connectivity index (χ0n) is 8.03. The van der Waals surface area contributed by atoms with Crippen LogP contribution in [0, 0.1) is 0 Å². The Morgan fingerprint density at radius 1 is 1.00 bits per heavy atom. The van der Waals surface area contributed by atoms with E-state index in [2.05, 4.69) is 6.92 Å². The minimum absolute atomic E-state index is 0.121. The minimum atomic E-state index is -4.01. The highest BCUT2D eigenvalue weighted by Crippen LogP contribution is 2.21. The van der Waals surface area contributed by atoms with Crippen LogP contribution < -0.4 is 0 Å². The Hall–Kier alpha value is -0.470. The summed E-state index contributed by atoms with van der Waals surface area (Å²) in [5.41, 5.74) is 0. The molecule has 0 spiro atoms. The van der Waals surface area contributed by atoms with E-state index in [4.69, 9.17) is 0 Å². The molecule has 0 aromatic heterocycles. The third-order valence-electron chi connectivity index (χ3n) is 1.74. The van der Waals surface area contributed by atoms with E-state index < -0.39 is 12.6 Å². The zero-order valence-corrected chi connectivity index (χ0v) is 8.03. The number of unbranched alkanes of at least 4 members (excludes halogenated alkanes) is 3. The van der Waals surface area contributed by atoms with E-state index in [1.165, 1.54) is 0 Å². The van der Waals surface area contributed by atoms with Gasteiger partial charge >= 0.3 is 6.18 Å². The fraction of sp³-hybridized carbons (Fsp3) is 0.800. The Morgan fingerprint density at radius 3 is 2.15 bits per heavy atom. The summed E-state index contributed by atoms with van der Waals surface area (Å²) in [4.78, 5) is 0. The van der Waals surface area contributed by atoms with Crippen molar-refractivity contribution in [1.82, 2.24) is 0 Å². The van der Waals surface area contributed by atoms with Crippen molar-refractivity contribution in [2.24, 2.45) is 0 Å². The second kappa shape index (κ2) is 6.98. The molecule has 0 aliphatic carbocycles. The molecular weight excluding hydrogens is 177 g/mol. The molecule has 0 saturated carbocycles. The summed E-state index contributed by atoms with van der Waals surface area (Å²) >= 11 is 0. The second-order valence-electron chi connectivity index (χ2n) is 3.12. The Bertz CT molecular complexity index is 136. The lowest BCUT2D eigenvalue weighted by Gasteiger charge is -2.01. The first kappa shape index (κ1) is 12.5. The standard InChI is InChI=1S/C10H17F3/c1-2-3-4-5-6-7-8-9-10(11,12)13/h6-7H,2-5,8-9H2,1H3/b7-6+. The fourth-order valence-corrected chi connectivity index (χ4v) is 0.995. The molecule has 0 bridgehead atoms. The first-order valence-corrected chi connectivity index (χ1v) is 4.78. The molecular formula is C10H17F3. The van der Waals surface area contributed by atoms with Gasteiger partial charge in [0.15, 0.2) is 0 Å². The molecule has 0 heterocycles. The lowest BCUT2D eigenvalue weighted by Crippen LogP contribution is -2.05. The van der Waals surface area contributed by atoms with Crippen molar-refractivity contribution in [3.05, 3.63) is 12.2 Å². The Labute approximate surface area is 77.8 Å². The molecule has 0 nitrogen and oxygen atoms in total. The third-order valence-corrected chi connectivity index (χ3v) is 1.74. The quantitative estimate of drug-likeness (QED) is 0.432. The number of alkyl halides is 3. The molecule has 0 rings (SSSR count). The predicted octanol–water partition coefficient (Wildman–Crippen LogP) is 4.47. The molecule has 0 saturated heterocycles. The molecule has 0 unspecified atom stereocenters. The molecule has 0 amide bonds. The summed E-state index contributed by atoms with van der Waals surface area (Å²) in [6, 6.07) is 0. The van der Waals surface area contributed by atoms with Gasteiger partial charge in [0.2, 0.25) is 0 Å². The maximum atomic E-state index is 11.7. The largest absolute Gasteiger partial charge is 0.389 e. The SMILES string of the molecule is CCCCC/C=C/CCC(F)(F)F. The van der Waals surface area contributed by atoms with Gasteiger partial charge in [-0.3, -0.25) is 0 Å². The van der Waals surface area contributed by atoms with E-state index in [1.807, 2.05) is 6.08 Å². The zero-order chi connectivity index (χ0) is 10.2. The van der Waals surface area contributed by atoms with Crippen molar-refractivity contribution in [3.8, 4) is 0 Å². The van der Waals surface area contributed by atoms with Crippen LogP contribution in [0.4, 0.5) is 13.2 Å². The van der Waals surface area contributed by atoms with Gasteiger partial charge in [0.1, 0.15) is 0 Å². The van der Waals surface area contributed by atoms with E-state index >= 15 is 0 Å². The molecule has 0 N–H and O–H groups in total. The smallest absolute Gasteiger partial charge is 0.171 e. The van der Waals surface area contributed by atoms with Gasteiger partial charge in [-0.05, 0) is 19.3 Å². The van der Waals surface area contributed by atoms with Crippen LogP contribution in [-0.4, -0.2) is 6.18 Å². The molecule has 0 aliphatic rings. The van der Waals surface area contributed by atoms with Gasteiger partial charge in [-0.25, -0.2) is 0 Å². The van der Waals surface area contributed by atoms with Crippen molar-refractivity contribution in [3.63, 3.8) is 0 Å². The normalized spacial score (nSPS) is 12.6. The van der Waals surface area contributed by atoms with Gasteiger partial charge in [0, 0.05) is 6.42 Å². The van der Waals surface area contributed by atoms with E-state index in [9.17, 15) is 13.2 Å². The maximum absolute atomic E-state index is 11.7. The Morgan fingerprint density at radius 2 is 1.62 bits per heavy atom. The summed E-state index contributed by atoms with van der Waals surface area (Å²) in [6.07, 6.45) is 3.19. The van der Waals surface area contributed by atoms with Crippen molar-refractivity contribution in [1.29, 1.82) is 0 Å². The van der Waals surface area contributed by atoms with Crippen LogP contribution in [0.1, 0.15) is 45.4 Å². The highest BCUT2D eigenvalue weighted by molar-refractivity contribution is 4.82. The monoisotopic (exact) mass is 194 g/mol. The first-order valence-electron chi connectivity index (χ1n) is 4.78. The third kappa shape index (κ3) is 11.5. The molecule has 0 aliphatic heterocycles.